The molecule has 0 spiro atoms. The van der Waals surface area contributed by atoms with E-state index < -0.39 is 7.05 Å². The molecule has 2 aromatic rings. The van der Waals surface area contributed by atoms with Gasteiger partial charge in [-0.1, -0.05) is 18.2 Å². The summed E-state index contributed by atoms with van der Waals surface area (Å²) < 4.78 is 1.68. The molecule has 0 saturated carbocycles. The molecular formula is C10H10BNO2. The molecule has 70 valence electrons. The van der Waals surface area contributed by atoms with Crippen molar-refractivity contribution < 1.29 is 9.82 Å². The lowest BCUT2D eigenvalue weighted by molar-refractivity contribution is 0.112. The van der Waals surface area contributed by atoms with Gasteiger partial charge in [0.05, 0.1) is 0 Å². The minimum absolute atomic E-state index is 0.613. The number of aromatic nitrogens is 1. The van der Waals surface area contributed by atoms with Crippen LogP contribution in [-0.2, 0) is 0 Å². The number of hydrogen-bond acceptors (Lipinski definition) is 2. The van der Waals surface area contributed by atoms with Crippen molar-refractivity contribution in [1.82, 2.24) is 4.48 Å². The zero-order valence-electron chi connectivity index (χ0n) is 7.84. The van der Waals surface area contributed by atoms with Crippen LogP contribution in [0.1, 0.15) is 10.4 Å². The van der Waals surface area contributed by atoms with E-state index in [9.17, 15) is 9.82 Å². The monoisotopic (exact) mass is 187 g/mol. The van der Waals surface area contributed by atoms with Crippen molar-refractivity contribution in [2.24, 2.45) is 0 Å². The Labute approximate surface area is 82.1 Å². The number of rotatable bonds is 2. The van der Waals surface area contributed by atoms with Crippen LogP contribution in [0.2, 0.25) is 6.82 Å². The van der Waals surface area contributed by atoms with E-state index in [2.05, 4.69) is 0 Å². The summed E-state index contributed by atoms with van der Waals surface area (Å²) in [5.74, 6) is 0. The summed E-state index contributed by atoms with van der Waals surface area (Å²) in [5, 5.41) is 10.4. The predicted molar refractivity (Wildman–Crippen MR) is 56.6 cm³/mol. The zero-order chi connectivity index (χ0) is 10.1. The molecule has 0 amide bonds. The van der Waals surface area contributed by atoms with Gasteiger partial charge in [0.15, 0.2) is 6.29 Å². The Morgan fingerprint density at radius 1 is 1.43 bits per heavy atom. The van der Waals surface area contributed by atoms with Crippen LogP contribution in [0, 0.1) is 0 Å². The maximum absolute atomic E-state index is 10.8. The molecule has 0 radical (unpaired) electrons. The van der Waals surface area contributed by atoms with Crippen molar-refractivity contribution in [3.05, 3.63) is 36.0 Å². The standard InChI is InChI=1S/C10H10BNO2/c1-11(14)12-6-8(7-13)9-4-2-3-5-10(9)12/h2-7,14H,1H3. The average molecular weight is 187 g/mol. The molecule has 1 heterocycles. The lowest BCUT2D eigenvalue weighted by Gasteiger charge is -2.03. The number of aldehydes is 1. The molecule has 0 aliphatic carbocycles. The fraction of sp³-hybridized carbons (Fsp3) is 0.100. The van der Waals surface area contributed by atoms with Gasteiger partial charge in [0.1, 0.15) is 0 Å². The lowest BCUT2D eigenvalue weighted by Crippen LogP contribution is -2.18. The zero-order valence-corrected chi connectivity index (χ0v) is 7.84. The van der Waals surface area contributed by atoms with E-state index in [4.69, 9.17) is 0 Å². The number of carbonyl (C=O) groups is 1. The molecule has 2 rings (SSSR count). The largest absolute Gasteiger partial charge is 0.432 e. The third-order valence-corrected chi connectivity index (χ3v) is 2.30. The van der Waals surface area contributed by atoms with Crippen LogP contribution in [0.25, 0.3) is 10.9 Å². The molecule has 4 heteroatoms. The first-order chi connectivity index (χ1) is 6.74. The Morgan fingerprint density at radius 2 is 2.14 bits per heavy atom. The highest BCUT2D eigenvalue weighted by molar-refractivity contribution is 6.48. The number of hydrogen-bond donors (Lipinski definition) is 1. The average Bonchev–Trinajstić information content (AvgIpc) is 2.56. The Hall–Kier alpha value is -1.55. The number of carbonyl (C=O) groups excluding carboxylic acids is 1. The van der Waals surface area contributed by atoms with E-state index in [-0.39, 0.29) is 0 Å². The number of benzene rings is 1. The Bertz CT molecular complexity index is 476. The summed E-state index contributed by atoms with van der Waals surface area (Å²) in [6.07, 6.45) is 2.48. The molecule has 3 nitrogen and oxygen atoms in total. The second-order valence-corrected chi connectivity index (χ2v) is 3.26. The summed E-state index contributed by atoms with van der Waals surface area (Å²) in [7, 11) is -0.617. The molecule has 14 heavy (non-hydrogen) atoms. The first-order valence-corrected chi connectivity index (χ1v) is 4.47. The molecule has 0 aliphatic heterocycles. The third-order valence-electron chi connectivity index (χ3n) is 2.30. The third kappa shape index (κ3) is 1.24. The van der Waals surface area contributed by atoms with Crippen LogP contribution in [0.15, 0.2) is 30.5 Å². The van der Waals surface area contributed by atoms with Crippen molar-refractivity contribution in [2.75, 3.05) is 0 Å². The Balaban J connectivity index is 2.79. The van der Waals surface area contributed by atoms with E-state index in [0.717, 1.165) is 17.2 Å². The van der Waals surface area contributed by atoms with Crippen molar-refractivity contribution in [3.8, 4) is 0 Å². The van der Waals surface area contributed by atoms with Gasteiger partial charge in [0.25, 0.3) is 0 Å². The quantitative estimate of drug-likeness (QED) is 0.570. The molecule has 0 aliphatic rings. The molecule has 1 aromatic heterocycles. The highest BCUT2D eigenvalue weighted by Crippen LogP contribution is 2.19. The smallest absolute Gasteiger partial charge is 0.413 e. The highest BCUT2D eigenvalue weighted by atomic mass is 16.2. The fourth-order valence-electron chi connectivity index (χ4n) is 1.63. The maximum atomic E-state index is 10.8. The number of fused-ring (bicyclic) bond motifs is 1. The fourth-order valence-corrected chi connectivity index (χ4v) is 1.63. The van der Waals surface area contributed by atoms with Crippen LogP contribution < -0.4 is 0 Å². The molecule has 0 atom stereocenters. The summed E-state index contributed by atoms with van der Waals surface area (Å²) in [6, 6.07) is 7.52. The van der Waals surface area contributed by atoms with Gasteiger partial charge in [-0.25, -0.2) is 0 Å². The van der Waals surface area contributed by atoms with Crippen molar-refractivity contribution in [2.45, 2.75) is 6.82 Å². The van der Waals surface area contributed by atoms with Crippen LogP contribution in [0.4, 0.5) is 0 Å². The minimum Gasteiger partial charge on any atom is -0.432 e. The van der Waals surface area contributed by atoms with Crippen LogP contribution >= 0.6 is 0 Å². The van der Waals surface area contributed by atoms with Crippen LogP contribution in [0.3, 0.4) is 0 Å². The molecule has 0 saturated heterocycles. The van der Waals surface area contributed by atoms with Gasteiger partial charge >= 0.3 is 7.05 Å². The number of nitrogens with zero attached hydrogens (tertiary/aromatic N) is 1. The van der Waals surface area contributed by atoms with Gasteiger partial charge in [-0.2, -0.15) is 0 Å². The second-order valence-electron chi connectivity index (χ2n) is 3.26. The van der Waals surface area contributed by atoms with E-state index >= 15 is 0 Å². The van der Waals surface area contributed by atoms with Crippen molar-refractivity contribution in [1.29, 1.82) is 0 Å². The number of para-hydroxylation sites is 1. The van der Waals surface area contributed by atoms with Crippen molar-refractivity contribution in [3.63, 3.8) is 0 Å². The van der Waals surface area contributed by atoms with Gasteiger partial charge in [-0.3, -0.25) is 4.79 Å². The van der Waals surface area contributed by atoms with Gasteiger partial charge in [0.2, 0.25) is 0 Å². The molecular weight excluding hydrogens is 177 g/mol. The molecule has 0 unspecified atom stereocenters. The second kappa shape index (κ2) is 3.31. The minimum atomic E-state index is -0.617. The highest BCUT2D eigenvalue weighted by Gasteiger charge is 2.12. The first kappa shape index (κ1) is 9.03. The van der Waals surface area contributed by atoms with E-state index in [1.807, 2.05) is 24.3 Å². The molecule has 1 N–H and O–H groups in total. The Kier molecular flexibility index (Phi) is 2.13. The van der Waals surface area contributed by atoms with E-state index in [0.29, 0.717) is 5.56 Å². The SMILES string of the molecule is CB(O)n1cc(C=O)c2ccccc21. The van der Waals surface area contributed by atoms with E-state index in [1.165, 1.54) is 0 Å². The lowest BCUT2D eigenvalue weighted by atomic mass is 9.88. The van der Waals surface area contributed by atoms with Gasteiger partial charge in [-0.05, 0) is 12.9 Å². The first-order valence-electron chi connectivity index (χ1n) is 4.47. The van der Waals surface area contributed by atoms with Crippen molar-refractivity contribution >= 4 is 24.2 Å². The summed E-state index contributed by atoms with van der Waals surface area (Å²) in [4.78, 5) is 10.8. The molecule has 1 aromatic carbocycles. The topological polar surface area (TPSA) is 42.2 Å². The van der Waals surface area contributed by atoms with Gasteiger partial charge < -0.3 is 9.50 Å². The Morgan fingerprint density at radius 3 is 2.79 bits per heavy atom. The molecule has 0 bridgehead atoms. The summed E-state index contributed by atoms with van der Waals surface area (Å²) in [6.45, 7) is 1.67. The normalized spacial score (nSPS) is 10.4. The van der Waals surface area contributed by atoms with Crippen LogP contribution in [-0.4, -0.2) is 22.8 Å². The van der Waals surface area contributed by atoms with Gasteiger partial charge in [0, 0.05) is 22.7 Å². The molecule has 0 fully saturated rings. The maximum Gasteiger partial charge on any atom is 0.413 e. The summed E-state index contributed by atoms with van der Waals surface area (Å²) >= 11 is 0. The van der Waals surface area contributed by atoms with E-state index in [1.54, 1.807) is 17.5 Å². The van der Waals surface area contributed by atoms with Crippen LogP contribution in [0.5, 0.6) is 0 Å². The predicted octanol–water partition coefficient (Wildman–Crippen LogP) is 1.41. The summed E-state index contributed by atoms with van der Waals surface area (Å²) in [5.41, 5.74) is 1.49. The van der Waals surface area contributed by atoms with Gasteiger partial charge in [-0.15, -0.1) is 0 Å².